The first-order valence-electron chi connectivity index (χ1n) is 2.04. The first-order chi connectivity index (χ1) is 3.92. The molecule has 9 heavy (non-hydrogen) atoms. The molecule has 0 fully saturated rings. The molecule has 0 saturated heterocycles. The Kier molecular flexibility index (Phi) is 2.73. The van der Waals surface area contributed by atoms with Crippen molar-refractivity contribution in [3.8, 4) is 0 Å². The molecule has 0 radical (unpaired) electrons. The van der Waals surface area contributed by atoms with Crippen molar-refractivity contribution in [3.63, 3.8) is 0 Å². The molecule has 0 aliphatic rings. The Labute approximate surface area is 49.8 Å². The van der Waals surface area contributed by atoms with Crippen molar-refractivity contribution in [2.75, 3.05) is 0 Å². The van der Waals surface area contributed by atoms with E-state index in [2.05, 4.69) is 0 Å². The summed E-state index contributed by atoms with van der Waals surface area (Å²) < 4.78 is 33.3. The van der Waals surface area contributed by atoms with Crippen LogP contribution in [0.15, 0.2) is 12.1 Å². The van der Waals surface area contributed by atoms with Crippen molar-refractivity contribution in [1.82, 2.24) is 0 Å². The molecule has 0 amide bonds. The summed E-state index contributed by atoms with van der Waals surface area (Å²) in [7, 11) is -2.04. The van der Waals surface area contributed by atoms with Crippen LogP contribution in [0.3, 0.4) is 0 Å². The Bertz CT molecular complexity index is 108. The number of rotatable bonds is 1. The van der Waals surface area contributed by atoms with Crippen molar-refractivity contribution >= 4 is 7.12 Å². The number of alkyl halides is 3. The van der Waals surface area contributed by atoms with E-state index in [1.807, 2.05) is 0 Å². The normalized spacial score (nSPS) is 12.6. The van der Waals surface area contributed by atoms with Gasteiger partial charge in [-0.25, -0.2) is 0 Å². The molecule has 52 valence electrons. The first kappa shape index (κ1) is 8.51. The summed E-state index contributed by atoms with van der Waals surface area (Å²) in [4.78, 5) is 0. The maximum Gasteiger partial charge on any atom is 0.480 e. The second-order valence-electron chi connectivity index (χ2n) is 1.31. The fourth-order valence-electron chi connectivity index (χ4n) is 0.195. The molecule has 0 unspecified atom stereocenters. The van der Waals surface area contributed by atoms with Gasteiger partial charge in [-0.15, -0.1) is 0 Å². The predicted octanol–water partition coefficient (Wildman–Crippen LogP) is 0.117. The van der Waals surface area contributed by atoms with Gasteiger partial charge in [0.1, 0.15) is 0 Å². The quantitative estimate of drug-likeness (QED) is 0.507. The molecular weight excluding hydrogens is 136 g/mol. The third-order valence-corrected chi connectivity index (χ3v) is 0.457. The molecule has 0 aromatic carbocycles. The molecule has 0 rings (SSSR count). The first-order valence-corrected chi connectivity index (χ1v) is 2.04. The van der Waals surface area contributed by atoms with Crippen LogP contribution in [-0.4, -0.2) is 23.3 Å². The lowest BCUT2D eigenvalue weighted by Gasteiger charge is -1.95. The fourth-order valence-corrected chi connectivity index (χ4v) is 0.195. The van der Waals surface area contributed by atoms with E-state index in [1.165, 1.54) is 0 Å². The highest BCUT2D eigenvalue weighted by Gasteiger charge is 2.22. The van der Waals surface area contributed by atoms with Crippen molar-refractivity contribution in [2.24, 2.45) is 0 Å². The van der Waals surface area contributed by atoms with Gasteiger partial charge in [-0.05, 0) is 5.98 Å². The molecule has 6 heteroatoms. The topological polar surface area (TPSA) is 40.5 Å². The number of halogens is 3. The Balaban J connectivity index is 3.71. The number of hydrogen-bond acceptors (Lipinski definition) is 2. The van der Waals surface area contributed by atoms with Crippen LogP contribution in [0.1, 0.15) is 0 Å². The van der Waals surface area contributed by atoms with Crippen LogP contribution >= 0.6 is 0 Å². The maximum absolute atomic E-state index is 11.1. The van der Waals surface area contributed by atoms with Crippen LogP contribution in [0.2, 0.25) is 0 Å². The van der Waals surface area contributed by atoms with E-state index in [0.717, 1.165) is 0 Å². The van der Waals surface area contributed by atoms with Gasteiger partial charge >= 0.3 is 13.3 Å². The Morgan fingerprint density at radius 1 is 1.22 bits per heavy atom. The summed E-state index contributed by atoms with van der Waals surface area (Å²) in [6.45, 7) is 0. The third kappa shape index (κ3) is 7.51. The highest BCUT2D eigenvalue weighted by Crippen LogP contribution is 2.15. The molecule has 2 nitrogen and oxygen atoms in total. The van der Waals surface area contributed by atoms with Crippen LogP contribution < -0.4 is 0 Å². The largest absolute Gasteiger partial charge is 0.480 e. The molecule has 0 bridgehead atoms. The van der Waals surface area contributed by atoms with Crippen LogP contribution in [0, 0.1) is 0 Å². The van der Waals surface area contributed by atoms with E-state index >= 15 is 0 Å². The standard InChI is InChI=1S/C3H4BF3O2/c5-3(6,7)1-2-4(8)9/h1-2,8-9H/b2-1+. The van der Waals surface area contributed by atoms with E-state index < -0.39 is 13.3 Å². The van der Waals surface area contributed by atoms with Gasteiger partial charge in [-0.3, -0.25) is 0 Å². The van der Waals surface area contributed by atoms with Gasteiger partial charge in [-0.1, -0.05) is 0 Å². The fraction of sp³-hybridized carbons (Fsp3) is 0.333. The Morgan fingerprint density at radius 2 is 1.67 bits per heavy atom. The minimum absolute atomic E-state index is 0.236. The molecular formula is C3H4BF3O2. The molecule has 0 heterocycles. The summed E-state index contributed by atoms with van der Waals surface area (Å²) in [5, 5.41) is 15.8. The molecule has 2 N–H and O–H groups in total. The second-order valence-corrected chi connectivity index (χ2v) is 1.31. The van der Waals surface area contributed by atoms with Crippen LogP contribution in [0.4, 0.5) is 13.2 Å². The molecule has 0 aliphatic carbocycles. The van der Waals surface area contributed by atoms with Crippen molar-refractivity contribution in [1.29, 1.82) is 0 Å². The van der Waals surface area contributed by atoms with Gasteiger partial charge in [0, 0.05) is 6.08 Å². The van der Waals surface area contributed by atoms with Crippen LogP contribution in [0.5, 0.6) is 0 Å². The van der Waals surface area contributed by atoms with Gasteiger partial charge < -0.3 is 10.0 Å². The lowest BCUT2D eigenvalue weighted by atomic mass is 9.92. The van der Waals surface area contributed by atoms with Crippen molar-refractivity contribution < 1.29 is 23.2 Å². The molecule has 0 atom stereocenters. The van der Waals surface area contributed by atoms with Crippen LogP contribution in [-0.2, 0) is 0 Å². The van der Waals surface area contributed by atoms with Crippen molar-refractivity contribution in [3.05, 3.63) is 12.1 Å². The third-order valence-electron chi connectivity index (χ3n) is 0.457. The van der Waals surface area contributed by atoms with E-state index in [4.69, 9.17) is 10.0 Å². The van der Waals surface area contributed by atoms with E-state index in [1.54, 1.807) is 0 Å². The average Bonchev–Trinajstić information content (AvgIpc) is 1.59. The molecule has 0 aromatic heterocycles. The Hall–Kier alpha value is -0.485. The highest BCUT2D eigenvalue weighted by atomic mass is 19.4. The summed E-state index contributed by atoms with van der Waals surface area (Å²) in [5.41, 5.74) is 0. The lowest BCUT2D eigenvalue weighted by molar-refractivity contribution is -0.0798. The summed E-state index contributed by atoms with van der Waals surface area (Å²) >= 11 is 0. The molecule has 0 aromatic rings. The minimum Gasteiger partial charge on any atom is -0.424 e. The monoisotopic (exact) mass is 140 g/mol. The summed E-state index contributed by atoms with van der Waals surface area (Å²) in [5.74, 6) is 0.236. The number of hydrogen-bond donors (Lipinski definition) is 2. The number of allylic oxidation sites excluding steroid dienone is 1. The molecule has 0 spiro atoms. The maximum atomic E-state index is 11.1. The van der Waals surface area contributed by atoms with E-state index in [0.29, 0.717) is 0 Å². The van der Waals surface area contributed by atoms with E-state index in [9.17, 15) is 13.2 Å². The van der Waals surface area contributed by atoms with Gasteiger partial charge in [0.05, 0.1) is 0 Å². The average molecular weight is 140 g/mol. The van der Waals surface area contributed by atoms with Crippen LogP contribution in [0.25, 0.3) is 0 Å². The zero-order chi connectivity index (χ0) is 7.49. The Morgan fingerprint density at radius 3 is 1.78 bits per heavy atom. The van der Waals surface area contributed by atoms with Gasteiger partial charge in [-0.2, -0.15) is 13.2 Å². The van der Waals surface area contributed by atoms with Crippen molar-refractivity contribution in [2.45, 2.75) is 6.18 Å². The minimum atomic E-state index is -4.47. The lowest BCUT2D eigenvalue weighted by Crippen LogP contribution is -2.10. The van der Waals surface area contributed by atoms with Gasteiger partial charge in [0.2, 0.25) is 0 Å². The summed E-state index contributed by atoms with van der Waals surface area (Å²) in [6, 6.07) is 0. The highest BCUT2D eigenvalue weighted by molar-refractivity contribution is 6.47. The smallest absolute Gasteiger partial charge is 0.424 e. The SMILES string of the molecule is OB(O)/C=C/C(F)(F)F. The zero-order valence-corrected chi connectivity index (χ0v) is 4.26. The predicted molar refractivity (Wildman–Crippen MR) is 25.4 cm³/mol. The van der Waals surface area contributed by atoms with E-state index in [-0.39, 0.29) is 12.1 Å². The molecule has 0 saturated carbocycles. The second kappa shape index (κ2) is 2.88. The summed E-state index contributed by atoms with van der Waals surface area (Å²) in [6.07, 6.45) is -4.71. The van der Waals surface area contributed by atoms with Gasteiger partial charge in [0.25, 0.3) is 0 Å². The molecule has 0 aliphatic heterocycles. The zero-order valence-electron chi connectivity index (χ0n) is 4.26. The van der Waals surface area contributed by atoms with Gasteiger partial charge in [0.15, 0.2) is 0 Å².